The second-order valence-electron chi connectivity index (χ2n) is 5.36. The van der Waals surface area contributed by atoms with Crippen LogP contribution in [0.4, 0.5) is 14.9 Å². The van der Waals surface area contributed by atoms with E-state index in [2.05, 4.69) is 10.6 Å². The van der Waals surface area contributed by atoms with Crippen molar-refractivity contribution in [2.24, 2.45) is 0 Å². The highest BCUT2D eigenvalue weighted by Gasteiger charge is 2.25. The molecule has 2 aromatic rings. The summed E-state index contributed by atoms with van der Waals surface area (Å²) in [5, 5.41) is 4.34. The fraction of sp³-hybridized carbons (Fsp3) is 0.0556. The smallest absolute Gasteiger partial charge is 0.290 e. The van der Waals surface area contributed by atoms with Gasteiger partial charge in [-0.1, -0.05) is 29.8 Å². The summed E-state index contributed by atoms with van der Waals surface area (Å²) < 4.78 is 18.9. The van der Waals surface area contributed by atoms with E-state index in [-0.39, 0.29) is 28.0 Å². The minimum atomic E-state index is -0.548. The molecule has 0 spiro atoms. The highest BCUT2D eigenvalue weighted by Crippen LogP contribution is 2.29. The molecule has 0 bridgehead atoms. The van der Waals surface area contributed by atoms with Crippen molar-refractivity contribution in [3.8, 4) is 5.75 Å². The van der Waals surface area contributed by atoms with Gasteiger partial charge in [-0.2, -0.15) is 0 Å². The second kappa shape index (κ2) is 8.24. The first kappa shape index (κ1) is 18.9. The number of carbonyl (C=O) groups is 3. The van der Waals surface area contributed by atoms with Gasteiger partial charge >= 0.3 is 0 Å². The van der Waals surface area contributed by atoms with Crippen molar-refractivity contribution in [1.29, 1.82) is 0 Å². The zero-order valence-electron chi connectivity index (χ0n) is 13.6. The molecule has 1 saturated heterocycles. The standard InChI is InChI=1S/C18H12ClFN2O4S/c19-11-7-10(8-15-17(24)22-18(25)27-15)5-6-14(11)26-9-16(23)21-13-4-2-1-3-12(13)20/h1-8H,9H2,(H,21,23)(H,22,24,25)/b15-8+. The molecule has 1 aliphatic heterocycles. The zero-order chi connectivity index (χ0) is 19.4. The van der Waals surface area contributed by atoms with Gasteiger partial charge in [-0.25, -0.2) is 4.39 Å². The zero-order valence-corrected chi connectivity index (χ0v) is 15.2. The molecule has 6 nitrogen and oxygen atoms in total. The quantitative estimate of drug-likeness (QED) is 0.737. The van der Waals surface area contributed by atoms with Crippen molar-refractivity contribution in [2.75, 3.05) is 11.9 Å². The van der Waals surface area contributed by atoms with E-state index in [1.165, 1.54) is 36.4 Å². The van der Waals surface area contributed by atoms with E-state index < -0.39 is 22.9 Å². The minimum Gasteiger partial charge on any atom is -0.482 e. The number of carbonyl (C=O) groups excluding carboxylic acids is 3. The number of anilines is 1. The van der Waals surface area contributed by atoms with E-state index >= 15 is 0 Å². The molecule has 3 rings (SSSR count). The van der Waals surface area contributed by atoms with Gasteiger partial charge in [-0.15, -0.1) is 0 Å². The molecule has 0 unspecified atom stereocenters. The third-order valence-corrected chi connectivity index (χ3v) is 4.51. The Morgan fingerprint density at radius 2 is 2.04 bits per heavy atom. The van der Waals surface area contributed by atoms with Crippen molar-refractivity contribution in [3.05, 3.63) is 63.8 Å². The predicted octanol–water partition coefficient (Wildman–Crippen LogP) is 3.82. The van der Waals surface area contributed by atoms with Crippen LogP contribution in [0.15, 0.2) is 47.4 Å². The number of halogens is 2. The summed E-state index contributed by atoms with van der Waals surface area (Å²) in [6, 6.07) is 10.5. The summed E-state index contributed by atoms with van der Waals surface area (Å²) in [6.45, 7) is -0.360. The molecule has 0 aliphatic carbocycles. The van der Waals surface area contributed by atoms with Crippen LogP contribution in [0.5, 0.6) is 5.75 Å². The molecule has 0 aromatic heterocycles. The average Bonchev–Trinajstić information content (AvgIpc) is 2.93. The Bertz CT molecular complexity index is 964. The summed E-state index contributed by atoms with van der Waals surface area (Å²) in [5.41, 5.74) is 0.650. The first-order chi connectivity index (χ1) is 12.9. The second-order valence-corrected chi connectivity index (χ2v) is 6.78. The highest BCUT2D eigenvalue weighted by atomic mass is 35.5. The first-order valence-corrected chi connectivity index (χ1v) is 8.83. The fourth-order valence-electron chi connectivity index (χ4n) is 2.19. The number of hydrogen-bond acceptors (Lipinski definition) is 5. The number of benzene rings is 2. The monoisotopic (exact) mass is 406 g/mol. The van der Waals surface area contributed by atoms with Crippen LogP contribution in [-0.2, 0) is 9.59 Å². The van der Waals surface area contributed by atoms with Crippen molar-refractivity contribution in [2.45, 2.75) is 0 Å². The Morgan fingerprint density at radius 1 is 1.26 bits per heavy atom. The van der Waals surface area contributed by atoms with Gasteiger partial charge in [0, 0.05) is 0 Å². The molecule has 9 heteroatoms. The number of nitrogens with one attached hydrogen (secondary N) is 2. The summed E-state index contributed by atoms with van der Waals surface area (Å²) >= 11 is 6.93. The maximum Gasteiger partial charge on any atom is 0.290 e. The van der Waals surface area contributed by atoms with Gasteiger partial charge in [-0.3, -0.25) is 19.7 Å². The SMILES string of the molecule is O=C(COc1ccc(/C=C2/SC(=O)NC2=O)cc1Cl)Nc1ccccc1F. The average molecular weight is 407 g/mol. The molecule has 138 valence electrons. The largest absolute Gasteiger partial charge is 0.482 e. The summed E-state index contributed by atoms with van der Waals surface area (Å²) in [6.07, 6.45) is 1.52. The molecule has 0 atom stereocenters. The third-order valence-electron chi connectivity index (χ3n) is 3.40. The Kier molecular flexibility index (Phi) is 5.78. The number of para-hydroxylation sites is 1. The van der Waals surface area contributed by atoms with E-state index in [4.69, 9.17) is 16.3 Å². The van der Waals surface area contributed by atoms with Gasteiger partial charge in [-0.05, 0) is 47.7 Å². The molecule has 1 fully saturated rings. The van der Waals surface area contributed by atoms with E-state index in [1.54, 1.807) is 12.1 Å². The number of amides is 3. The lowest BCUT2D eigenvalue weighted by Gasteiger charge is -2.10. The van der Waals surface area contributed by atoms with E-state index in [9.17, 15) is 18.8 Å². The molecule has 27 heavy (non-hydrogen) atoms. The fourth-order valence-corrected chi connectivity index (χ4v) is 3.11. The maximum absolute atomic E-state index is 13.5. The van der Waals surface area contributed by atoms with E-state index in [1.807, 2.05) is 0 Å². The van der Waals surface area contributed by atoms with Gasteiger partial charge in [0.2, 0.25) is 0 Å². The molecular weight excluding hydrogens is 395 g/mol. The molecule has 2 N–H and O–H groups in total. The molecule has 3 amide bonds. The van der Waals surface area contributed by atoms with Crippen LogP contribution in [0.25, 0.3) is 6.08 Å². The van der Waals surface area contributed by atoms with Crippen LogP contribution in [0.2, 0.25) is 5.02 Å². The highest BCUT2D eigenvalue weighted by molar-refractivity contribution is 8.18. The molecule has 1 heterocycles. The summed E-state index contributed by atoms with van der Waals surface area (Å²) in [4.78, 5) is 34.8. The first-order valence-electron chi connectivity index (χ1n) is 7.64. The summed E-state index contributed by atoms with van der Waals surface area (Å²) in [7, 11) is 0. The number of hydrogen-bond donors (Lipinski definition) is 2. The topological polar surface area (TPSA) is 84.5 Å². The van der Waals surface area contributed by atoms with Crippen LogP contribution < -0.4 is 15.4 Å². The predicted molar refractivity (Wildman–Crippen MR) is 101 cm³/mol. The number of thioether (sulfide) groups is 1. The van der Waals surface area contributed by atoms with Crippen molar-refractivity contribution in [1.82, 2.24) is 5.32 Å². The van der Waals surface area contributed by atoms with Crippen LogP contribution in [0.1, 0.15) is 5.56 Å². The normalized spacial score (nSPS) is 15.0. The molecular formula is C18H12ClFN2O4S. The number of imide groups is 1. The lowest BCUT2D eigenvalue weighted by Crippen LogP contribution is -2.20. The summed E-state index contributed by atoms with van der Waals surface area (Å²) in [5.74, 6) is -1.30. The van der Waals surface area contributed by atoms with Gasteiger partial charge in [0.25, 0.3) is 17.1 Å². The Hall–Kier alpha value is -2.84. The van der Waals surface area contributed by atoms with Gasteiger partial charge in [0.15, 0.2) is 6.61 Å². The van der Waals surface area contributed by atoms with Crippen molar-refractivity contribution >= 4 is 52.2 Å². The van der Waals surface area contributed by atoms with Crippen LogP contribution in [0.3, 0.4) is 0 Å². The van der Waals surface area contributed by atoms with Crippen LogP contribution in [-0.4, -0.2) is 23.7 Å². The number of rotatable bonds is 5. The Morgan fingerprint density at radius 3 is 2.70 bits per heavy atom. The molecule has 0 radical (unpaired) electrons. The van der Waals surface area contributed by atoms with E-state index in [0.29, 0.717) is 5.56 Å². The van der Waals surface area contributed by atoms with Crippen molar-refractivity contribution in [3.63, 3.8) is 0 Å². The number of ether oxygens (including phenoxy) is 1. The third kappa shape index (κ3) is 4.87. The molecule has 1 aliphatic rings. The molecule has 0 saturated carbocycles. The minimum absolute atomic E-state index is 0.0565. The Balaban J connectivity index is 1.62. The lowest BCUT2D eigenvalue weighted by atomic mass is 10.2. The van der Waals surface area contributed by atoms with Gasteiger partial charge < -0.3 is 10.1 Å². The maximum atomic E-state index is 13.5. The Labute approximate surface area is 162 Å². The molecule has 2 aromatic carbocycles. The van der Waals surface area contributed by atoms with Crippen LogP contribution >= 0.6 is 23.4 Å². The van der Waals surface area contributed by atoms with E-state index in [0.717, 1.165) is 11.8 Å². The van der Waals surface area contributed by atoms with Gasteiger partial charge in [0.05, 0.1) is 15.6 Å². The van der Waals surface area contributed by atoms with Gasteiger partial charge in [0.1, 0.15) is 11.6 Å². The lowest BCUT2D eigenvalue weighted by molar-refractivity contribution is -0.118. The van der Waals surface area contributed by atoms with Crippen LogP contribution in [0, 0.1) is 5.82 Å². The van der Waals surface area contributed by atoms with Crippen molar-refractivity contribution < 1.29 is 23.5 Å².